The van der Waals surface area contributed by atoms with Crippen molar-refractivity contribution >= 4 is 11.2 Å². The molecular weight excluding hydrogens is 182 g/mol. The zero-order chi connectivity index (χ0) is 9.97. The van der Waals surface area contributed by atoms with E-state index in [1.54, 1.807) is 12.3 Å². The van der Waals surface area contributed by atoms with Crippen molar-refractivity contribution in [1.82, 2.24) is 20.4 Å². The summed E-state index contributed by atoms with van der Waals surface area (Å²) in [4.78, 5) is 4.04. The minimum absolute atomic E-state index is 0.442. The molecule has 0 unspecified atom stereocenters. The number of nitrogens with two attached hydrogens (primary N) is 1. The maximum absolute atomic E-state index is 9.64. The highest BCUT2D eigenvalue weighted by Gasteiger charge is 2.09. The molecule has 14 heavy (non-hydrogen) atoms. The maximum atomic E-state index is 9.64. The fourth-order valence-electron chi connectivity index (χ4n) is 1.26. The average molecular weight is 193 g/mol. The summed E-state index contributed by atoms with van der Waals surface area (Å²) < 4.78 is 0. The fourth-order valence-corrected chi connectivity index (χ4v) is 1.26. The van der Waals surface area contributed by atoms with Crippen LogP contribution in [0.1, 0.15) is 18.1 Å². The van der Waals surface area contributed by atoms with Crippen LogP contribution in [-0.4, -0.2) is 32.0 Å². The van der Waals surface area contributed by atoms with Crippen LogP contribution >= 0.6 is 0 Å². The summed E-state index contributed by atoms with van der Waals surface area (Å²) in [7, 11) is 0. The molecule has 2 aromatic heterocycles. The first-order valence-corrected chi connectivity index (χ1v) is 4.36. The van der Waals surface area contributed by atoms with Crippen LogP contribution in [0.2, 0.25) is 0 Å². The van der Waals surface area contributed by atoms with E-state index in [0.717, 1.165) is 5.56 Å². The van der Waals surface area contributed by atoms with Gasteiger partial charge < -0.3 is 10.8 Å². The van der Waals surface area contributed by atoms with Crippen LogP contribution in [-0.2, 0) is 0 Å². The van der Waals surface area contributed by atoms with Crippen molar-refractivity contribution < 1.29 is 5.11 Å². The second-order valence-electron chi connectivity index (χ2n) is 3.03. The summed E-state index contributed by atoms with van der Waals surface area (Å²) >= 11 is 0. The first kappa shape index (κ1) is 9.04. The molecule has 0 aliphatic carbocycles. The lowest BCUT2D eigenvalue weighted by molar-refractivity contribution is 0.170. The van der Waals surface area contributed by atoms with E-state index < -0.39 is 6.10 Å². The minimum atomic E-state index is -0.575. The van der Waals surface area contributed by atoms with Crippen LogP contribution < -0.4 is 5.73 Å². The average Bonchev–Trinajstić information content (AvgIpc) is 2.64. The van der Waals surface area contributed by atoms with Gasteiger partial charge in [0, 0.05) is 11.8 Å². The summed E-state index contributed by atoms with van der Waals surface area (Å²) in [6.45, 7) is 0.442. The molecule has 0 aliphatic heterocycles. The first-order chi connectivity index (χ1) is 6.81. The quantitative estimate of drug-likeness (QED) is 0.623. The monoisotopic (exact) mass is 193 g/mol. The lowest BCUT2D eigenvalue weighted by atomic mass is 10.1. The van der Waals surface area contributed by atoms with Gasteiger partial charge in [-0.15, -0.1) is 5.10 Å². The van der Waals surface area contributed by atoms with E-state index in [1.165, 1.54) is 0 Å². The van der Waals surface area contributed by atoms with E-state index in [1.807, 2.05) is 0 Å². The number of nitrogens with zero attached hydrogens (tertiary/aromatic N) is 3. The molecule has 0 bridgehead atoms. The Hall–Kier alpha value is -1.53. The van der Waals surface area contributed by atoms with Gasteiger partial charge in [0.05, 0.1) is 6.10 Å². The topological polar surface area (TPSA) is 101 Å². The van der Waals surface area contributed by atoms with Gasteiger partial charge in [0.15, 0.2) is 0 Å². The largest absolute Gasteiger partial charge is 0.388 e. The van der Waals surface area contributed by atoms with Crippen molar-refractivity contribution in [3.8, 4) is 0 Å². The van der Waals surface area contributed by atoms with Crippen LogP contribution in [0, 0.1) is 0 Å². The Labute approximate surface area is 80.1 Å². The number of aromatic nitrogens is 4. The third-order valence-corrected chi connectivity index (χ3v) is 2.02. The molecule has 4 N–H and O–H groups in total. The number of hydrogen-bond acceptors (Lipinski definition) is 5. The number of aliphatic hydroxyl groups is 1. The molecule has 0 aliphatic rings. The number of pyridine rings is 1. The zero-order valence-electron chi connectivity index (χ0n) is 7.51. The van der Waals surface area contributed by atoms with Crippen LogP contribution in [0.15, 0.2) is 12.3 Å². The SMILES string of the molecule is NCC[C@@H](O)c1cnc2n[nH]nc2c1. The van der Waals surface area contributed by atoms with E-state index in [9.17, 15) is 5.11 Å². The van der Waals surface area contributed by atoms with Crippen molar-refractivity contribution in [3.05, 3.63) is 17.8 Å². The standard InChI is InChI=1S/C8H11N5O/c9-2-1-7(14)5-3-6-8(10-4-5)12-13-11-6/h3-4,7,14H,1-2,9H2,(H,10,11,12,13)/t7-/m1/s1. The molecule has 0 aromatic carbocycles. The zero-order valence-corrected chi connectivity index (χ0v) is 7.51. The molecule has 0 saturated heterocycles. The highest BCUT2D eigenvalue weighted by atomic mass is 16.3. The molecule has 2 heterocycles. The lowest BCUT2D eigenvalue weighted by Gasteiger charge is -2.07. The van der Waals surface area contributed by atoms with E-state index >= 15 is 0 Å². The molecule has 0 amide bonds. The maximum Gasteiger partial charge on any atom is 0.201 e. The highest BCUT2D eigenvalue weighted by molar-refractivity contribution is 5.69. The van der Waals surface area contributed by atoms with Crippen LogP contribution in [0.4, 0.5) is 0 Å². The van der Waals surface area contributed by atoms with Crippen molar-refractivity contribution in [2.24, 2.45) is 5.73 Å². The third kappa shape index (κ3) is 1.57. The molecule has 6 nitrogen and oxygen atoms in total. The number of aliphatic hydroxyl groups excluding tert-OH is 1. The van der Waals surface area contributed by atoms with E-state index in [2.05, 4.69) is 20.4 Å². The Morgan fingerprint density at radius 3 is 3.14 bits per heavy atom. The number of hydrogen-bond donors (Lipinski definition) is 3. The Kier molecular flexibility index (Phi) is 2.38. The second kappa shape index (κ2) is 3.69. The summed E-state index contributed by atoms with van der Waals surface area (Å²) in [5.74, 6) is 0. The number of nitrogens with one attached hydrogen (secondary N) is 1. The van der Waals surface area contributed by atoms with Gasteiger partial charge in [-0.1, -0.05) is 0 Å². The van der Waals surface area contributed by atoms with E-state index in [4.69, 9.17) is 5.73 Å². The Morgan fingerprint density at radius 2 is 2.36 bits per heavy atom. The first-order valence-electron chi connectivity index (χ1n) is 4.36. The van der Waals surface area contributed by atoms with Gasteiger partial charge in [-0.05, 0) is 19.0 Å². The van der Waals surface area contributed by atoms with Gasteiger partial charge in [0.2, 0.25) is 5.65 Å². The van der Waals surface area contributed by atoms with Gasteiger partial charge >= 0.3 is 0 Å². The van der Waals surface area contributed by atoms with E-state index in [-0.39, 0.29) is 0 Å². The molecule has 0 fully saturated rings. The van der Waals surface area contributed by atoms with Crippen LogP contribution in [0.3, 0.4) is 0 Å². The van der Waals surface area contributed by atoms with Gasteiger partial charge in [0.1, 0.15) is 5.52 Å². The minimum Gasteiger partial charge on any atom is -0.388 e. The summed E-state index contributed by atoms with van der Waals surface area (Å²) in [6.07, 6.45) is 1.53. The van der Waals surface area contributed by atoms with Crippen molar-refractivity contribution in [3.63, 3.8) is 0 Å². The van der Waals surface area contributed by atoms with Crippen LogP contribution in [0.5, 0.6) is 0 Å². The number of rotatable bonds is 3. The fraction of sp³-hybridized carbons (Fsp3) is 0.375. The van der Waals surface area contributed by atoms with Gasteiger partial charge in [-0.25, -0.2) is 4.98 Å². The molecule has 0 spiro atoms. The predicted molar refractivity (Wildman–Crippen MR) is 50.3 cm³/mol. The highest BCUT2D eigenvalue weighted by Crippen LogP contribution is 2.17. The summed E-state index contributed by atoms with van der Waals surface area (Å²) in [5.41, 5.74) is 7.27. The molecular formula is C8H11N5O. The Bertz CT molecular complexity index is 426. The summed E-state index contributed by atoms with van der Waals surface area (Å²) in [6, 6.07) is 1.76. The van der Waals surface area contributed by atoms with Gasteiger partial charge in [-0.3, -0.25) is 0 Å². The smallest absolute Gasteiger partial charge is 0.201 e. The number of aromatic amines is 1. The van der Waals surface area contributed by atoms with Gasteiger partial charge in [0.25, 0.3) is 0 Å². The second-order valence-corrected chi connectivity index (χ2v) is 3.03. The number of H-pyrrole nitrogens is 1. The molecule has 0 saturated carbocycles. The predicted octanol–water partition coefficient (Wildman–Crippen LogP) is -0.265. The molecule has 2 rings (SSSR count). The number of fused-ring (bicyclic) bond motifs is 1. The van der Waals surface area contributed by atoms with Crippen molar-refractivity contribution in [1.29, 1.82) is 0 Å². The van der Waals surface area contributed by atoms with E-state index in [0.29, 0.717) is 24.1 Å². The summed E-state index contributed by atoms with van der Waals surface area (Å²) in [5, 5.41) is 19.8. The lowest BCUT2D eigenvalue weighted by Crippen LogP contribution is -2.06. The third-order valence-electron chi connectivity index (χ3n) is 2.02. The molecule has 2 aromatic rings. The molecule has 6 heteroatoms. The van der Waals surface area contributed by atoms with Gasteiger partial charge in [-0.2, -0.15) is 10.3 Å². The molecule has 0 radical (unpaired) electrons. The van der Waals surface area contributed by atoms with Crippen molar-refractivity contribution in [2.75, 3.05) is 6.54 Å². The van der Waals surface area contributed by atoms with Crippen molar-refractivity contribution in [2.45, 2.75) is 12.5 Å². The normalized spacial score (nSPS) is 13.3. The Balaban J connectivity index is 2.33. The molecule has 74 valence electrons. The molecule has 1 atom stereocenters. The van der Waals surface area contributed by atoms with Crippen LogP contribution in [0.25, 0.3) is 11.2 Å². The Morgan fingerprint density at radius 1 is 1.50 bits per heavy atom.